The minimum absolute atomic E-state index is 0.553. The van der Waals surface area contributed by atoms with Gasteiger partial charge in [0.2, 0.25) is 0 Å². The first-order valence-electron chi connectivity index (χ1n) is 6.27. The Morgan fingerprint density at radius 1 is 1.24 bits per heavy atom. The zero-order chi connectivity index (χ0) is 13.0. The van der Waals surface area contributed by atoms with Gasteiger partial charge in [-0.05, 0) is 36.3 Å². The molecule has 0 saturated carbocycles. The number of rotatable bonds is 5. The summed E-state index contributed by atoms with van der Waals surface area (Å²) in [6.07, 6.45) is 1.81. The molecule has 0 atom stereocenters. The van der Waals surface area contributed by atoms with Crippen LogP contribution in [0.25, 0.3) is 0 Å². The number of nitrogens with one attached hydrogen (secondary N) is 1. The maximum Gasteiger partial charge on any atom is 0.129 e. The Morgan fingerprint density at radius 3 is 2.29 bits per heavy atom. The summed E-state index contributed by atoms with van der Waals surface area (Å²) in [6.45, 7) is 12.1. The molecule has 1 aromatic heterocycles. The van der Waals surface area contributed by atoms with Crippen LogP contribution in [0.4, 0.5) is 5.69 Å². The Hall–Kier alpha value is -0.760. The van der Waals surface area contributed by atoms with E-state index in [9.17, 15) is 0 Å². The number of halogens is 1. The van der Waals surface area contributed by atoms with Gasteiger partial charge in [0, 0.05) is 6.54 Å². The minimum atomic E-state index is 0.553. The van der Waals surface area contributed by atoms with Gasteiger partial charge >= 0.3 is 0 Å². The predicted molar refractivity (Wildman–Crippen MR) is 75.6 cm³/mol. The van der Waals surface area contributed by atoms with Crippen LogP contribution in [0, 0.1) is 24.7 Å². The molecule has 0 bridgehead atoms. The van der Waals surface area contributed by atoms with Crippen LogP contribution in [-0.4, -0.2) is 11.5 Å². The van der Waals surface area contributed by atoms with Crippen molar-refractivity contribution in [1.29, 1.82) is 0 Å². The van der Waals surface area contributed by atoms with Gasteiger partial charge in [0.05, 0.1) is 11.9 Å². The summed E-state index contributed by atoms with van der Waals surface area (Å²) in [5.74, 6) is 2.04. The first kappa shape index (κ1) is 14.3. The summed E-state index contributed by atoms with van der Waals surface area (Å²) in [6, 6.07) is 1.89. The van der Waals surface area contributed by atoms with Gasteiger partial charge < -0.3 is 5.32 Å². The monoisotopic (exact) mass is 254 g/mol. The van der Waals surface area contributed by atoms with Crippen LogP contribution >= 0.6 is 11.6 Å². The Bertz CT molecular complexity index is 353. The molecule has 0 saturated heterocycles. The predicted octanol–water partition coefficient (Wildman–Crippen LogP) is 4.38. The molecule has 0 aromatic carbocycles. The second-order valence-corrected chi connectivity index (χ2v) is 5.74. The van der Waals surface area contributed by atoms with E-state index >= 15 is 0 Å². The quantitative estimate of drug-likeness (QED) is 0.789. The molecule has 0 aliphatic rings. The molecule has 0 radical (unpaired) electrons. The fourth-order valence-electron chi connectivity index (χ4n) is 2.18. The van der Waals surface area contributed by atoms with E-state index in [1.165, 1.54) is 0 Å². The lowest BCUT2D eigenvalue weighted by atomic mass is 9.85. The molecule has 3 heteroatoms. The summed E-state index contributed by atoms with van der Waals surface area (Å²) in [5, 5.41) is 4.03. The summed E-state index contributed by atoms with van der Waals surface area (Å²) < 4.78 is 0. The van der Waals surface area contributed by atoms with Crippen LogP contribution in [0.15, 0.2) is 12.3 Å². The van der Waals surface area contributed by atoms with Gasteiger partial charge in [-0.2, -0.15) is 0 Å². The van der Waals surface area contributed by atoms with Gasteiger partial charge in [-0.3, -0.25) is 0 Å². The summed E-state index contributed by atoms with van der Waals surface area (Å²) >= 11 is 5.84. The molecule has 96 valence electrons. The normalized spacial score (nSPS) is 11.6. The molecule has 1 aromatic rings. The highest BCUT2D eigenvalue weighted by Crippen LogP contribution is 2.23. The van der Waals surface area contributed by atoms with Crippen molar-refractivity contribution < 1.29 is 0 Å². The molecule has 17 heavy (non-hydrogen) atoms. The fraction of sp³-hybridized carbons (Fsp3) is 0.643. The third-order valence-corrected chi connectivity index (χ3v) is 3.52. The molecule has 0 unspecified atom stereocenters. The molecule has 0 aliphatic heterocycles. The lowest BCUT2D eigenvalue weighted by Crippen LogP contribution is -2.24. The van der Waals surface area contributed by atoms with E-state index in [1.807, 2.05) is 12.3 Å². The van der Waals surface area contributed by atoms with E-state index < -0.39 is 0 Å². The van der Waals surface area contributed by atoms with Gasteiger partial charge in [-0.25, -0.2) is 4.98 Å². The average molecular weight is 255 g/mol. The molecule has 1 N–H and O–H groups in total. The number of anilines is 1. The van der Waals surface area contributed by atoms with Crippen LogP contribution in [0.1, 0.15) is 33.3 Å². The van der Waals surface area contributed by atoms with Crippen LogP contribution in [0.3, 0.4) is 0 Å². The van der Waals surface area contributed by atoms with Gasteiger partial charge in [0.25, 0.3) is 0 Å². The van der Waals surface area contributed by atoms with E-state index in [0.717, 1.165) is 17.8 Å². The van der Waals surface area contributed by atoms with Crippen molar-refractivity contribution >= 4 is 17.3 Å². The van der Waals surface area contributed by atoms with E-state index in [2.05, 4.69) is 44.9 Å². The Kier molecular flexibility index (Phi) is 5.26. The lowest BCUT2D eigenvalue weighted by Gasteiger charge is -2.25. The van der Waals surface area contributed by atoms with Gasteiger partial charge in [-0.1, -0.05) is 39.3 Å². The number of aryl methyl sites for hydroxylation is 1. The molecule has 0 aliphatic carbocycles. The molecular weight excluding hydrogens is 232 g/mol. The molecule has 1 rings (SSSR count). The van der Waals surface area contributed by atoms with Crippen molar-refractivity contribution in [3.8, 4) is 0 Å². The summed E-state index contributed by atoms with van der Waals surface area (Å²) in [4.78, 5) is 4.11. The number of pyridine rings is 1. The smallest absolute Gasteiger partial charge is 0.129 e. The van der Waals surface area contributed by atoms with Crippen LogP contribution in [0.5, 0.6) is 0 Å². The van der Waals surface area contributed by atoms with E-state index in [4.69, 9.17) is 11.6 Å². The maximum absolute atomic E-state index is 5.84. The van der Waals surface area contributed by atoms with Crippen LogP contribution in [-0.2, 0) is 0 Å². The third kappa shape index (κ3) is 4.19. The number of hydrogen-bond donors (Lipinski definition) is 1. The summed E-state index contributed by atoms with van der Waals surface area (Å²) in [7, 11) is 0. The highest BCUT2D eigenvalue weighted by molar-refractivity contribution is 6.29. The second-order valence-electron chi connectivity index (χ2n) is 5.35. The Balaban J connectivity index is 2.65. The largest absolute Gasteiger partial charge is 0.383 e. The Morgan fingerprint density at radius 2 is 1.82 bits per heavy atom. The molecule has 2 nitrogen and oxygen atoms in total. The second kappa shape index (κ2) is 6.25. The zero-order valence-corrected chi connectivity index (χ0v) is 12.2. The maximum atomic E-state index is 5.84. The molecule has 0 spiro atoms. The Labute approximate surface area is 110 Å². The zero-order valence-electron chi connectivity index (χ0n) is 11.4. The van der Waals surface area contributed by atoms with Crippen molar-refractivity contribution in [3.63, 3.8) is 0 Å². The van der Waals surface area contributed by atoms with Gasteiger partial charge in [0.1, 0.15) is 5.15 Å². The van der Waals surface area contributed by atoms with Crippen LogP contribution < -0.4 is 5.32 Å². The molecule has 0 amide bonds. The number of aromatic nitrogens is 1. The number of nitrogens with zero attached hydrogens (tertiary/aromatic N) is 1. The lowest BCUT2D eigenvalue weighted by molar-refractivity contribution is 0.304. The highest BCUT2D eigenvalue weighted by Gasteiger charge is 2.17. The van der Waals surface area contributed by atoms with E-state index in [0.29, 0.717) is 22.9 Å². The third-order valence-electron chi connectivity index (χ3n) is 3.32. The number of hydrogen-bond acceptors (Lipinski definition) is 2. The minimum Gasteiger partial charge on any atom is -0.383 e. The molecule has 0 fully saturated rings. The average Bonchev–Trinajstić information content (AvgIpc) is 2.20. The van der Waals surface area contributed by atoms with Crippen molar-refractivity contribution in [2.45, 2.75) is 34.6 Å². The molecular formula is C14H23ClN2. The van der Waals surface area contributed by atoms with E-state index in [1.54, 1.807) is 0 Å². The first-order chi connectivity index (χ1) is 7.91. The highest BCUT2D eigenvalue weighted by atomic mass is 35.5. The summed E-state index contributed by atoms with van der Waals surface area (Å²) in [5.41, 5.74) is 2.23. The van der Waals surface area contributed by atoms with Crippen molar-refractivity contribution in [1.82, 2.24) is 4.98 Å². The van der Waals surface area contributed by atoms with Gasteiger partial charge in [-0.15, -0.1) is 0 Å². The first-order valence-corrected chi connectivity index (χ1v) is 6.65. The standard InChI is InChI=1S/C14H23ClN2/c1-9(2)12(10(3)4)7-16-13-8-17-14(15)6-11(13)5/h6,8-10,12,16H,7H2,1-5H3. The van der Waals surface area contributed by atoms with Crippen molar-refractivity contribution in [2.24, 2.45) is 17.8 Å². The van der Waals surface area contributed by atoms with Crippen molar-refractivity contribution in [2.75, 3.05) is 11.9 Å². The van der Waals surface area contributed by atoms with E-state index in [-0.39, 0.29) is 0 Å². The van der Waals surface area contributed by atoms with Gasteiger partial charge in [0.15, 0.2) is 0 Å². The topological polar surface area (TPSA) is 24.9 Å². The van der Waals surface area contributed by atoms with Crippen LogP contribution in [0.2, 0.25) is 5.15 Å². The molecule has 1 heterocycles. The SMILES string of the molecule is Cc1cc(Cl)ncc1NCC(C(C)C)C(C)C. The van der Waals surface area contributed by atoms with Crippen molar-refractivity contribution in [3.05, 3.63) is 23.0 Å². The fourth-order valence-corrected chi connectivity index (χ4v) is 2.39.